The monoisotopic (exact) mass is 382 g/mol. The van der Waals surface area contributed by atoms with Crippen LogP contribution in [0.5, 0.6) is 0 Å². The first-order chi connectivity index (χ1) is 11.7. The van der Waals surface area contributed by atoms with E-state index in [0.29, 0.717) is 28.4 Å². The number of anilines is 2. The van der Waals surface area contributed by atoms with Crippen molar-refractivity contribution in [2.45, 2.75) is 13.3 Å². The highest BCUT2D eigenvalue weighted by Crippen LogP contribution is 2.21. The van der Waals surface area contributed by atoms with Crippen LogP contribution in [0.3, 0.4) is 0 Å². The number of rotatable bonds is 4. The first-order valence-electron chi connectivity index (χ1n) is 7.02. The molecule has 8 heteroatoms. The minimum atomic E-state index is -1.17. The van der Waals surface area contributed by atoms with E-state index in [4.69, 9.17) is 34.0 Å². The van der Waals surface area contributed by atoms with Crippen molar-refractivity contribution in [2.75, 3.05) is 11.1 Å². The number of hydrogen-bond donors (Lipinski definition) is 3. The molecule has 0 aliphatic rings. The highest BCUT2D eigenvalue weighted by Gasteiger charge is 2.07. The van der Waals surface area contributed by atoms with Crippen molar-refractivity contribution in [3.8, 4) is 0 Å². The van der Waals surface area contributed by atoms with Gasteiger partial charge in [-0.25, -0.2) is 4.79 Å². The van der Waals surface area contributed by atoms with E-state index >= 15 is 0 Å². The molecule has 0 heterocycles. The smallest absolute Gasteiger partial charge is 0.409 e. The summed E-state index contributed by atoms with van der Waals surface area (Å²) in [6.45, 7) is 1.39. The topological polar surface area (TPSA) is 109 Å². The van der Waals surface area contributed by atoms with E-state index in [0.717, 1.165) is 11.8 Å². The average Bonchev–Trinajstić information content (AvgIpc) is 2.50. The van der Waals surface area contributed by atoms with Gasteiger partial charge in [0.1, 0.15) is 6.29 Å². The lowest BCUT2D eigenvalue weighted by atomic mass is 10.1. The summed E-state index contributed by atoms with van der Waals surface area (Å²) in [6.07, 6.45) is -0.00656. The van der Waals surface area contributed by atoms with Crippen LogP contribution in [0.25, 0.3) is 0 Å². The number of nitrogen functional groups attached to an aromatic ring is 1. The molecule has 0 fully saturated rings. The van der Waals surface area contributed by atoms with Gasteiger partial charge in [0.25, 0.3) is 0 Å². The molecule has 0 aliphatic carbocycles. The molecule has 0 bridgehead atoms. The highest BCUT2D eigenvalue weighted by atomic mass is 35.5. The van der Waals surface area contributed by atoms with Gasteiger partial charge in [0.2, 0.25) is 0 Å². The van der Waals surface area contributed by atoms with Gasteiger partial charge in [0.05, 0.1) is 5.02 Å². The quantitative estimate of drug-likeness (QED) is 0.414. The van der Waals surface area contributed by atoms with Gasteiger partial charge in [-0.1, -0.05) is 29.3 Å². The first kappa shape index (κ1) is 20.5. The van der Waals surface area contributed by atoms with Gasteiger partial charge in [-0.2, -0.15) is 0 Å². The van der Waals surface area contributed by atoms with Crippen molar-refractivity contribution in [2.24, 2.45) is 0 Å². The molecule has 0 spiro atoms. The molecule has 132 valence electrons. The maximum Gasteiger partial charge on any atom is 0.409 e. The molecule has 2 aromatic carbocycles. The molecule has 2 rings (SSSR count). The molecule has 25 heavy (non-hydrogen) atoms. The Bertz CT molecular complexity index is 794. The molecule has 0 radical (unpaired) electrons. The number of hydrogen-bond acceptors (Lipinski definition) is 4. The molecule has 6 nitrogen and oxygen atoms in total. The zero-order valence-electron chi connectivity index (χ0n) is 13.3. The number of amides is 1. The van der Waals surface area contributed by atoms with E-state index in [1.54, 1.807) is 18.2 Å². The Morgan fingerprint density at radius 2 is 1.84 bits per heavy atom. The average molecular weight is 383 g/mol. The van der Waals surface area contributed by atoms with Crippen molar-refractivity contribution in [3.63, 3.8) is 0 Å². The van der Waals surface area contributed by atoms with Gasteiger partial charge in [-0.05, 0) is 42.8 Å². The van der Waals surface area contributed by atoms with Crippen LogP contribution in [0, 0.1) is 0 Å². The molecule has 4 N–H and O–H groups in total. The van der Waals surface area contributed by atoms with Gasteiger partial charge in [0.15, 0.2) is 5.78 Å². The molecule has 1 amide bonds. The van der Waals surface area contributed by atoms with E-state index in [-0.39, 0.29) is 10.8 Å². The Balaban J connectivity index is 0.000000257. The molecule has 0 aromatic heterocycles. The van der Waals surface area contributed by atoms with Crippen LogP contribution >= 0.6 is 23.2 Å². The highest BCUT2D eigenvalue weighted by molar-refractivity contribution is 6.34. The predicted molar refractivity (Wildman–Crippen MR) is 98.7 cm³/mol. The molecule has 0 aliphatic heterocycles. The van der Waals surface area contributed by atoms with Gasteiger partial charge in [-0.15, -0.1) is 0 Å². The number of nitrogens with two attached hydrogens (primary N) is 1. The number of nitrogens with one attached hydrogen (secondary N) is 1. The van der Waals surface area contributed by atoms with Crippen LogP contribution in [-0.2, 0) is 11.2 Å². The Morgan fingerprint density at radius 1 is 1.16 bits per heavy atom. The van der Waals surface area contributed by atoms with E-state index in [9.17, 15) is 14.4 Å². The first-order valence-corrected chi connectivity index (χ1v) is 7.78. The van der Waals surface area contributed by atoms with E-state index in [1.807, 2.05) is 0 Å². The summed E-state index contributed by atoms with van der Waals surface area (Å²) in [5.74, 6) is -0.156. The van der Waals surface area contributed by atoms with Crippen LogP contribution in [0.1, 0.15) is 22.8 Å². The van der Waals surface area contributed by atoms with Gasteiger partial charge in [0, 0.05) is 28.4 Å². The van der Waals surface area contributed by atoms with Crippen LogP contribution < -0.4 is 11.1 Å². The second-order valence-corrected chi connectivity index (χ2v) is 5.72. The summed E-state index contributed by atoms with van der Waals surface area (Å²) in [5, 5.41) is 11.3. The van der Waals surface area contributed by atoms with Crippen LogP contribution in [0.4, 0.5) is 16.2 Å². The van der Waals surface area contributed by atoms with E-state index in [2.05, 4.69) is 5.32 Å². The number of carbonyl (C=O) groups excluding carboxylic acids is 2. The normalized spacial score (nSPS) is 9.56. The third kappa shape index (κ3) is 6.82. The summed E-state index contributed by atoms with van der Waals surface area (Å²) in [6, 6.07) is 9.48. The number of benzene rings is 2. The Morgan fingerprint density at radius 3 is 2.32 bits per heavy atom. The lowest BCUT2D eigenvalue weighted by molar-refractivity contribution is -0.107. The molecule has 0 saturated heterocycles. The molecule has 0 unspecified atom stereocenters. The standard InChI is InChI=1S/C9H8ClNO3.C8H8ClNO/c1-5(12)7-3-2-6(4-8(7)10)11-9(13)14;9-8-5-7(10)2-1-6(8)3-4-11/h2-4,11H,1H3,(H,13,14);1-2,4-5H,3,10H2. The third-order valence-electron chi connectivity index (χ3n) is 2.98. The molecule has 0 atom stereocenters. The predicted octanol–water partition coefficient (Wildman–Crippen LogP) is 4.30. The second-order valence-electron chi connectivity index (χ2n) is 4.90. The summed E-state index contributed by atoms with van der Waals surface area (Å²) in [5.41, 5.74) is 7.60. The molecular formula is C17H16Cl2N2O4. The van der Waals surface area contributed by atoms with Crippen molar-refractivity contribution in [3.05, 3.63) is 57.6 Å². The van der Waals surface area contributed by atoms with Crippen molar-refractivity contribution < 1.29 is 19.5 Å². The maximum atomic E-state index is 11.0. The van der Waals surface area contributed by atoms with Crippen LogP contribution in [-0.4, -0.2) is 23.3 Å². The number of halogens is 2. The van der Waals surface area contributed by atoms with Gasteiger partial charge >= 0.3 is 6.09 Å². The fraction of sp³-hybridized carbons (Fsp3) is 0.118. The number of carboxylic acid groups (broad SMARTS) is 1. The Hall–Kier alpha value is -2.57. The Kier molecular flexibility index (Phi) is 7.91. The van der Waals surface area contributed by atoms with Crippen molar-refractivity contribution in [1.29, 1.82) is 0 Å². The SMILES string of the molecule is CC(=O)c1ccc(NC(=O)O)cc1Cl.Nc1ccc(CC=O)c(Cl)c1. The van der Waals surface area contributed by atoms with Crippen LogP contribution in [0.2, 0.25) is 10.0 Å². The third-order valence-corrected chi connectivity index (χ3v) is 3.64. The zero-order valence-corrected chi connectivity index (χ0v) is 14.8. The number of aldehydes is 1. The lowest BCUT2D eigenvalue weighted by Gasteiger charge is -2.03. The number of carbonyl (C=O) groups is 3. The number of Topliss-reactive ketones (excluding diaryl/α,β-unsaturated/α-hetero) is 1. The fourth-order valence-electron chi connectivity index (χ4n) is 1.82. The van der Waals surface area contributed by atoms with Crippen molar-refractivity contribution >= 4 is 52.7 Å². The fourth-order valence-corrected chi connectivity index (χ4v) is 2.40. The van der Waals surface area contributed by atoms with Gasteiger partial charge in [-0.3, -0.25) is 10.1 Å². The van der Waals surface area contributed by atoms with E-state index < -0.39 is 6.09 Å². The molecule has 0 saturated carbocycles. The minimum Gasteiger partial charge on any atom is -0.465 e. The second kappa shape index (κ2) is 9.66. The summed E-state index contributed by atoms with van der Waals surface area (Å²) in [4.78, 5) is 31.4. The summed E-state index contributed by atoms with van der Waals surface area (Å²) < 4.78 is 0. The van der Waals surface area contributed by atoms with Gasteiger partial charge < -0.3 is 15.6 Å². The van der Waals surface area contributed by atoms with E-state index in [1.165, 1.54) is 25.1 Å². The minimum absolute atomic E-state index is 0.156. The van der Waals surface area contributed by atoms with Crippen molar-refractivity contribution in [1.82, 2.24) is 0 Å². The number of ketones is 1. The summed E-state index contributed by atoms with van der Waals surface area (Å²) in [7, 11) is 0. The lowest BCUT2D eigenvalue weighted by Crippen LogP contribution is -2.07. The maximum absolute atomic E-state index is 11.0. The summed E-state index contributed by atoms with van der Waals surface area (Å²) >= 11 is 11.5. The Labute approximate surface area is 154 Å². The van der Waals surface area contributed by atoms with Crippen LogP contribution in [0.15, 0.2) is 36.4 Å². The molecule has 2 aromatic rings. The zero-order chi connectivity index (χ0) is 19.0. The largest absolute Gasteiger partial charge is 0.465 e. The molecular weight excluding hydrogens is 367 g/mol.